The summed E-state index contributed by atoms with van der Waals surface area (Å²) in [5.74, 6) is 0.288. The highest BCUT2D eigenvalue weighted by Gasteiger charge is 2.30. The predicted molar refractivity (Wildman–Crippen MR) is 106 cm³/mol. The van der Waals surface area contributed by atoms with E-state index in [0.29, 0.717) is 35.7 Å². The van der Waals surface area contributed by atoms with Crippen LogP contribution in [0.1, 0.15) is 32.9 Å². The van der Waals surface area contributed by atoms with E-state index >= 15 is 0 Å². The van der Waals surface area contributed by atoms with E-state index in [9.17, 15) is 14.0 Å². The molecule has 1 aliphatic rings. The van der Waals surface area contributed by atoms with Crippen molar-refractivity contribution in [1.29, 1.82) is 0 Å². The smallest absolute Gasteiger partial charge is 0.263 e. The molecule has 0 fully saturated rings. The lowest BCUT2D eigenvalue weighted by atomic mass is 10.0. The van der Waals surface area contributed by atoms with E-state index in [4.69, 9.17) is 4.52 Å². The molecule has 0 spiro atoms. The number of para-hydroxylation sites is 1. The quantitative estimate of drug-likeness (QED) is 0.736. The Kier molecular flexibility index (Phi) is 4.70. The van der Waals surface area contributed by atoms with Crippen LogP contribution in [0.15, 0.2) is 39.6 Å². The topological polar surface area (TPSA) is 80.4 Å². The highest BCUT2D eigenvalue weighted by Crippen LogP contribution is 2.29. The molecule has 8 heteroatoms. The van der Waals surface area contributed by atoms with Gasteiger partial charge in [0.15, 0.2) is 5.82 Å². The SMILES string of the molecule is Cc1cc(C)n(C)c(=O)c1C(=O)N1CCc2onc(Nc3ccccc3F)c2C1. The molecule has 0 aliphatic carbocycles. The Morgan fingerprint density at radius 1 is 1.28 bits per heavy atom. The van der Waals surface area contributed by atoms with Gasteiger partial charge < -0.3 is 19.3 Å². The third-order valence-corrected chi connectivity index (χ3v) is 5.32. The molecule has 1 aliphatic heterocycles. The zero-order valence-corrected chi connectivity index (χ0v) is 16.5. The molecule has 0 saturated carbocycles. The number of nitrogens with zero attached hydrogens (tertiary/aromatic N) is 3. The van der Waals surface area contributed by atoms with Crippen LogP contribution >= 0.6 is 0 Å². The van der Waals surface area contributed by atoms with E-state index in [1.54, 1.807) is 37.1 Å². The zero-order valence-electron chi connectivity index (χ0n) is 16.5. The first-order valence-electron chi connectivity index (χ1n) is 9.32. The van der Waals surface area contributed by atoms with Gasteiger partial charge in [0.25, 0.3) is 11.5 Å². The fourth-order valence-corrected chi connectivity index (χ4v) is 3.57. The maximum absolute atomic E-state index is 14.0. The number of anilines is 2. The average molecular weight is 396 g/mol. The number of hydrogen-bond donors (Lipinski definition) is 1. The molecule has 150 valence electrons. The van der Waals surface area contributed by atoms with Gasteiger partial charge in [-0.15, -0.1) is 0 Å². The van der Waals surface area contributed by atoms with Crippen LogP contribution in [0.4, 0.5) is 15.9 Å². The Labute approximate surface area is 166 Å². The van der Waals surface area contributed by atoms with Crippen molar-refractivity contribution in [1.82, 2.24) is 14.6 Å². The van der Waals surface area contributed by atoms with Gasteiger partial charge >= 0.3 is 0 Å². The summed E-state index contributed by atoms with van der Waals surface area (Å²) < 4.78 is 20.8. The van der Waals surface area contributed by atoms with Crippen LogP contribution in [0, 0.1) is 19.7 Å². The third kappa shape index (κ3) is 3.30. The van der Waals surface area contributed by atoms with E-state index in [0.717, 1.165) is 5.69 Å². The molecule has 29 heavy (non-hydrogen) atoms. The van der Waals surface area contributed by atoms with Crippen LogP contribution in [0.2, 0.25) is 0 Å². The van der Waals surface area contributed by atoms with E-state index in [1.807, 2.05) is 13.0 Å². The summed E-state index contributed by atoms with van der Waals surface area (Å²) in [7, 11) is 1.65. The molecule has 1 amide bonds. The molecule has 3 aromatic rings. The Hall–Kier alpha value is -3.42. The number of fused-ring (bicyclic) bond motifs is 1. The number of amides is 1. The van der Waals surface area contributed by atoms with Gasteiger partial charge in [0.05, 0.1) is 17.8 Å². The lowest BCUT2D eigenvalue weighted by molar-refractivity contribution is 0.0726. The fraction of sp³-hybridized carbons (Fsp3) is 0.286. The number of halogens is 1. The van der Waals surface area contributed by atoms with Crippen molar-refractivity contribution in [3.63, 3.8) is 0 Å². The van der Waals surface area contributed by atoms with Crippen molar-refractivity contribution in [2.45, 2.75) is 26.8 Å². The molecule has 4 rings (SSSR count). The number of rotatable bonds is 3. The Morgan fingerprint density at radius 3 is 2.79 bits per heavy atom. The minimum absolute atomic E-state index is 0.168. The maximum Gasteiger partial charge on any atom is 0.263 e. The summed E-state index contributed by atoms with van der Waals surface area (Å²) in [6.45, 7) is 4.23. The molecular weight excluding hydrogens is 375 g/mol. The van der Waals surface area contributed by atoms with Crippen LogP contribution < -0.4 is 10.9 Å². The largest absolute Gasteiger partial charge is 0.359 e. The molecule has 1 N–H and O–H groups in total. The number of aryl methyl sites for hydroxylation is 2. The fourth-order valence-electron chi connectivity index (χ4n) is 3.57. The zero-order chi connectivity index (χ0) is 20.7. The normalized spacial score (nSPS) is 13.3. The van der Waals surface area contributed by atoms with E-state index in [2.05, 4.69) is 10.5 Å². The molecule has 0 radical (unpaired) electrons. The predicted octanol–water partition coefficient (Wildman–Crippen LogP) is 3.07. The van der Waals surface area contributed by atoms with Crippen molar-refractivity contribution in [2.75, 3.05) is 11.9 Å². The number of hydrogen-bond acceptors (Lipinski definition) is 5. The van der Waals surface area contributed by atoms with Gasteiger partial charge in [-0.1, -0.05) is 17.3 Å². The Morgan fingerprint density at radius 2 is 2.03 bits per heavy atom. The average Bonchev–Trinajstić information content (AvgIpc) is 3.10. The number of carbonyl (C=O) groups is 1. The Bertz CT molecular complexity index is 1170. The van der Waals surface area contributed by atoms with Gasteiger partial charge in [-0.05, 0) is 37.6 Å². The first-order valence-corrected chi connectivity index (χ1v) is 9.32. The highest BCUT2D eigenvalue weighted by atomic mass is 19.1. The van der Waals surface area contributed by atoms with Crippen LogP contribution in [-0.4, -0.2) is 27.1 Å². The number of benzene rings is 1. The molecule has 3 heterocycles. The summed E-state index contributed by atoms with van der Waals surface area (Å²) in [4.78, 5) is 27.4. The molecule has 0 atom stereocenters. The van der Waals surface area contributed by atoms with Crippen molar-refractivity contribution in [3.05, 3.63) is 74.6 Å². The second-order valence-electron chi connectivity index (χ2n) is 7.22. The minimum atomic E-state index is -0.410. The maximum atomic E-state index is 14.0. The first-order chi connectivity index (χ1) is 13.9. The monoisotopic (exact) mass is 396 g/mol. The van der Waals surface area contributed by atoms with Gasteiger partial charge in [0.1, 0.15) is 17.1 Å². The second-order valence-corrected chi connectivity index (χ2v) is 7.22. The van der Waals surface area contributed by atoms with E-state index in [-0.39, 0.29) is 29.3 Å². The number of aromatic nitrogens is 2. The van der Waals surface area contributed by atoms with Crippen LogP contribution in [0.3, 0.4) is 0 Å². The van der Waals surface area contributed by atoms with Crippen molar-refractivity contribution >= 4 is 17.4 Å². The summed E-state index contributed by atoms with van der Waals surface area (Å²) in [5, 5.41) is 6.94. The molecule has 0 bridgehead atoms. The van der Waals surface area contributed by atoms with E-state index in [1.165, 1.54) is 10.6 Å². The lowest BCUT2D eigenvalue weighted by Gasteiger charge is -2.27. The van der Waals surface area contributed by atoms with Gasteiger partial charge in [-0.2, -0.15) is 0 Å². The van der Waals surface area contributed by atoms with E-state index < -0.39 is 5.82 Å². The number of nitrogens with one attached hydrogen (secondary N) is 1. The number of carbonyl (C=O) groups excluding carboxylic acids is 1. The molecule has 7 nitrogen and oxygen atoms in total. The summed E-state index contributed by atoms with van der Waals surface area (Å²) >= 11 is 0. The lowest BCUT2D eigenvalue weighted by Crippen LogP contribution is -2.40. The summed E-state index contributed by atoms with van der Waals surface area (Å²) in [5.41, 5.74) is 2.26. The highest BCUT2D eigenvalue weighted by molar-refractivity contribution is 5.95. The van der Waals surface area contributed by atoms with Crippen molar-refractivity contribution < 1.29 is 13.7 Å². The minimum Gasteiger partial charge on any atom is -0.359 e. The second kappa shape index (κ2) is 7.20. The van der Waals surface area contributed by atoms with Crippen molar-refractivity contribution in [3.8, 4) is 0 Å². The molecule has 1 aromatic carbocycles. The standard InChI is InChI=1S/C21H21FN4O3/c1-12-10-13(2)25(3)20(27)18(12)21(28)26-9-8-17-14(11-26)19(24-29-17)23-16-7-5-4-6-15(16)22/h4-7,10H,8-9,11H2,1-3H3,(H,23,24). The first kappa shape index (κ1) is 18.9. The Balaban J connectivity index is 1.64. The number of pyridine rings is 1. The molecular formula is C21H21FN4O3. The van der Waals surface area contributed by atoms with Gasteiger partial charge in [0, 0.05) is 25.7 Å². The summed E-state index contributed by atoms with van der Waals surface area (Å²) in [6.07, 6.45) is 0.470. The third-order valence-electron chi connectivity index (χ3n) is 5.32. The molecule has 0 saturated heterocycles. The molecule has 0 unspecified atom stereocenters. The van der Waals surface area contributed by atoms with Crippen molar-refractivity contribution in [2.24, 2.45) is 7.05 Å². The molecule has 2 aromatic heterocycles. The van der Waals surface area contributed by atoms with Crippen LogP contribution in [0.25, 0.3) is 0 Å². The van der Waals surface area contributed by atoms with Crippen LogP contribution in [-0.2, 0) is 20.0 Å². The summed E-state index contributed by atoms with van der Waals surface area (Å²) in [6, 6.07) is 8.09. The van der Waals surface area contributed by atoms with Gasteiger partial charge in [-0.25, -0.2) is 4.39 Å². The van der Waals surface area contributed by atoms with Gasteiger partial charge in [0.2, 0.25) is 0 Å². The van der Waals surface area contributed by atoms with Crippen LogP contribution in [0.5, 0.6) is 0 Å². The van der Waals surface area contributed by atoms with Gasteiger partial charge in [-0.3, -0.25) is 9.59 Å².